The van der Waals surface area contributed by atoms with Crippen LogP contribution in [-0.2, 0) is 6.42 Å². The molecule has 2 aromatic carbocycles. The standard InChI is InChI=1S/C27H35N5O3/c1-31(2)16-7-17-32(3)26(33)22-9-6-8-21(19-22)23-13-15-29-27(30-23)28-14-12-20-10-11-24(34-4)25(18-20)35-5/h6,8-11,13,15,18-19H,7,12,14,16-17H2,1-5H3,(H,28,29,30). The van der Waals surface area contributed by atoms with Crippen molar-refractivity contribution in [3.63, 3.8) is 0 Å². The zero-order valence-electron chi connectivity index (χ0n) is 21.2. The average molecular weight is 478 g/mol. The van der Waals surface area contributed by atoms with E-state index in [1.165, 1.54) is 0 Å². The molecule has 0 aliphatic carbocycles. The molecule has 0 bridgehead atoms. The lowest BCUT2D eigenvalue weighted by molar-refractivity contribution is 0.0790. The molecule has 186 valence electrons. The van der Waals surface area contributed by atoms with Crippen LogP contribution in [0.5, 0.6) is 11.5 Å². The predicted molar refractivity (Wildman–Crippen MR) is 139 cm³/mol. The summed E-state index contributed by atoms with van der Waals surface area (Å²) in [6.07, 6.45) is 3.43. The third-order valence-corrected chi connectivity index (χ3v) is 5.65. The number of hydrogen-bond donors (Lipinski definition) is 1. The van der Waals surface area contributed by atoms with Gasteiger partial charge in [0.1, 0.15) is 0 Å². The van der Waals surface area contributed by atoms with Crippen molar-refractivity contribution in [1.82, 2.24) is 19.8 Å². The number of amides is 1. The van der Waals surface area contributed by atoms with Gasteiger partial charge in [0.15, 0.2) is 11.5 Å². The van der Waals surface area contributed by atoms with Gasteiger partial charge in [-0.25, -0.2) is 9.97 Å². The van der Waals surface area contributed by atoms with Gasteiger partial charge < -0.3 is 24.6 Å². The summed E-state index contributed by atoms with van der Waals surface area (Å²) in [5.74, 6) is 1.97. The highest BCUT2D eigenvalue weighted by molar-refractivity contribution is 5.95. The zero-order valence-corrected chi connectivity index (χ0v) is 21.2. The molecular formula is C27H35N5O3. The second kappa shape index (κ2) is 12.7. The Morgan fingerprint density at radius 3 is 2.51 bits per heavy atom. The molecule has 1 heterocycles. The van der Waals surface area contributed by atoms with Crippen LogP contribution in [0, 0.1) is 0 Å². The molecule has 1 aromatic heterocycles. The quantitative estimate of drug-likeness (QED) is 0.425. The van der Waals surface area contributed by atoms with Crippen LogP contribution in [0.25, 0.3) is 11.3 Å². The Labute approximate surface area is 207 Å². The summed E-state index contributed by atoms with van der Waals surface area (Å²) in [5.41, 5.74) is 3.41. The fourth-order valence-corrected chi connectivity index (χ4v) is 3.72. The molecule has 0 radical (unpaired) electrons. The van der Waals surface area contributed by atoms with Gasteiger partial charge in [-0.05, 0) is 69.4 Å². The number of carbonyl (C=O) groups excluding carboxylic acids is 1. The fraction of sp³-hybridized carbons (Fsp3) is 0.370. The Hall–Kier alpha value is -3.65. The Morgan fingerprint density at radius 1 is 0.971 bits per heavy atom. The molecule has 0 saturated heterocycles. The van der Waals surface area contributed by atoms with Gasteiger partial charge in [-0.1, -0.05) is 18.2 Å². The lowest BCUT2D eigenvalue weighted by Gasteiger charge is -2.19. The van der Waals surface area contributed by atoms with Crippen molar-refractivity contribution >= 4 is 11.9 Å². The summed E-state index contributed by atoms with van der Waals surface area (Å²) in [7, 11) is 9.17. The maximum atomic E-state index is 12.9. The molecule has 3 aromatic rings. The van der Waals surface area contributed by atoms with E-state index in [2.05, 4.69) is 20.2 Å². The van der Waals surface area contributed by atoms with Crippen LogP contribution in [0.4, 0.5) is 5.95 Å². The molecule has 0 aliphatic heterocycles. The van der Waals surface area contributed by atoms with E-state index in [-0.39, 0.29) is 5.91 Å². The highest BCUT2D eigenvalue weighted by Gasteiger charge is 2.13. The van der Waals surface area contributed by atoms with Crippen LogP contribution in [0.15, 0.2) is 54.7 Å². The first kappa shape index (κ1) is 26.0. The number of benzene rings is 2. The largest absolute Gasteiger partial charge is 0.493 e. The smallest absolute Gasteiger partial charge is 0.253 e. The summed E-state index contributed by atoms with van der Waals surface area (Å²) in [6.45, 7) is 2.32. The van der Waals surface area contributed by atoms with Gasteiger partial charge in [-0.15, -0.1) is 0 Å². The van der Waals surface area contributed by atoms with Gasteiger partial charge in [0.05, 0.1) is 19.9 Å². The lowest BCUT2D eigenvalue weighted by Crippen LogP contribution is -2.29. The molecule has 0 aliphatic rings. The highest BCUT2D eigenvalue weighted by Crippen LogP contribution is 2.27. The summed E-state index contributed by atoms with van der Waals surface area (Å²) in [4.78, 5) is 25.8. The van der Waals surface area contributed by atoms with Crippen molar-refractivity contribution in [3.05, 3.63) is 65.9 Å². The average Bonchev–Trinajstić information content (AvgIpc) is 2.88. The molecule has 3 rings (SSSR count). The van der Waals surface area contributed by atoms with Gasteiger partial charge in [0, 0.05) is 37.5 Å². The van der Waals surface area contributed by atoms with Gasteiger partial charge >= 0.3 is 0 Å². The van der Waals surface area contributed by atoms with Crippen molar-refractivity contribution < 1.29 is 14.3 Å². The van der Waals surface area contributed by atoms with Crippen LogP contribution >= 0.6 is 0 Å². The number of anilines is 1. The van der Waals surface area contributed by atoms with Crippen LogP contribution in [-0.4, -0.2) is 80.7 Å². The Kier molecular flexibility index (Phi) is 9.43. The van der Waals surface area contributed by atoms with Gasteiger partial charge in [0.2, 0.25) is 5.95 Å². The Balaban J connectivity index is 1.63. The number of nitrogens with zero attached hydrogens (tertiary/aromatic N) is 4. The second-order valence-electron chi connectivity index (χ2n) is 8.60. The van der Waals surface area contributed by atoms with E-state index in [0.29, 0.717) is 36.1 Å². The fourth-order valence-electron chi connectivity index (χ4n) is 3.72. The maximum Gasteiger partial charge on any atom is 0.253 e. The van der Waals surface area contributed by atoms with Crippen LogP contribution in [0.2, 0.25) is 0 Å². The van der Waals surface area contributed by atoms with Crippen LogP contribution in [0.1, 0.15) is 22.3 Å². The zero-order chi connectivity index (χ0) is 25.2. The molecule has 0 unspecified atom stereocenters. The summed E-state index contributed by atoms with van der Waals surface area (Å²) in [5, 5.41) is 3.28. The molecule has 35 heavy (non-hydrogen) atoms. The molecule has 0 atom stereocenters. The van der Waals surface area contributed by atoms with Gasteiger partial charge in [-0.2, -0.15) is 0 Å². The first-order valence-corrected chi connectivity index (χ1v) is 11.7. The molecule has 0 spiro atoms. The van der Waals surface area contributed by atoms with Gasteiger partial charge in [0.25, 0.3) is 5.91 Å². The van der Waals surface area contributed by atoms with Crippen molar-refractivity contribution in [1.29, 1.82) is 0 Å². The molecule has 1 amide bonds. The number of hydrogen-bond acceptors (Lipinski definition) is 7. The molecule has 8 nitrogen and oxygen atoms in total. The van der Waals surface area contributed by atoms with Crippen LogP contribution in [0.3, 0.4) is 0 Å². The maximum absolute atomic E-state index is 12.9. The van der Waals surface area contributed by atoms with E-state index in [4.69, 9.17) is 9.47 Å². The number of rotatable bonds is 12. The van der Waals surface area contributed by atoms with Gasteiger partial charge in [-0.3, -0.25) is 4.79 Å². The second-order valence-corrected chi connectivity index (χ2v) is 8.60. The number of carbonyl (C=O) groups is 1. The number of methoxy groups -OCH3 is 2. The van der Waals surface area contributed by atoms with Crippen molar-refractivity contribution in [2.45, 2.75) is 12.8 Å². The lowest BCUT2D eigenvalue weighted by atomic mass is 10.1. The molecule has 0 fully saturated rings. The third-order valence-electron chi connectivity index (χ3n) is 5.65. The van der Waals surface area contributed by atoms with Crippen molar-refractivity contribution in [2.24, 2.45) is 0 Å². The summed E-state index contributed by atoms with van der Waals surface area (Å²) >= 11 is 0. The van der Waals surface area contributed by atoms with E-state index in [0.717, 1.165) is 36.2 Å². The molecule has 1 N–H and O–H groups in total. The van der Waals surface area contributed by atoms with Crippen molar-refractivity contribution in [3.8, 4) is 22.8 Å². The number of aromatic nitrogens is 2. The minimum atomic E-state index is 0.00734. The van der Waals surface area contributed by atoms with Crippen LogP contribution < -0.4 is 14.8 Å². The Morgan fingerprint density at radius 2 is 1.77 bits per heavy atom. The first-order chi connectivity index (χ1) is 16.9. The van der Waals surface area contributed by atoms with E-state index in [9.17, 15) is 4.79 Å². The van der Waals surface area contributed by atoms with E-state index in [1.54, 1.807) is 25.3 Å². The SMILES string of the molecule is COc1ccc(CCNc2nccc(-c3cccc(C(=O)N(C)CCCN(C)C)c3)n2)cc1OC. The van der Waals surface area contributed by atoms with E-state index in [1.807, 2.05) is 69.7 Å². The topological polar surface area (TPSA) is 79.8 Å². The monoisotopic (exact) mass is 477 g/mol. The van der Waals surface area contributed by atoms with Crippen molar-refractivity contribution in [2.75, 3.05) is 60.3 Å². The molecule has 0 saturated carbocycles. The predicted octanol–water partition coefficient (Wildman–Crippen LogP) is 3.84. The minimum absolute atomic E-state index is 0.00734. The number of nitrogens with one attached hydrogen (secondary N) is 1. The molecular weight excluding hydrogens is 442 g/mol. The highest BCUT2D eigenvalue weighted by atomic mass is 16.5. The minimum Gasteiger partial charge on any atom is -0.493 e. The van der Waals surface area contributed by atoms with E-state index < -0.39 is 0 Å². The summed E-state index contributed by atoms with van der Waals surface area (Å²) in [6, 6.07) is 15.3. The number of ether oxygens (including phenoxy) is 2. The summed E-state index contributed by atoms with van der Waals surface area (Å²) < 4.78 is 10.7. The molecule has 8 heteroatoms. The third kappa shape index (κ3) is 7.42. The Bertz CT molecular complexity index is 1120. The first-order valence-electron chi connectivity index (χ1n) is 11.7. The normalized spacial score (nSPS) is 10.8. The van der Waals surface area contributed by atoms with E-state index >= 15 is 0 Å².